The lowest BCUT2D eigenvalue weighted by atomic mass is 10.00. The van der Waals surface area contributed by atoms with Gasteiger partial charge in [0.1, 0.15) is 0 Å². The highest BCUT2D eigenvalue weighted by Gasteiger charge is 2.14. The molecule has 0 radical (unpaired) electrons. The smallest absolute Gasteiger partial charge is 0.248 e. The van der Waals surface area contributed by atoms with Gasteiger partial charge >= 0.3 is 0 Å². The number of aryl methyl sites for hydroxylation is 2. The van der Waals surface area contributed by atoms with Crippen LogP contribution in [0.2, 0.25) is 0 Å². The van der Waals surface area contributed by atoms with Crippen molar-refractivity contribution < 1.29 is 27.6 Å². The Morgan fingerprint density at radius 1 is 1.04 bits per heavy atom. The van der Waals surface area contributed by atoms with Gasteiger partial charge in [0.25, 0.3) is 0 Å². The second kappa shape index (κ2) is 20.4. The number of hydrogen-bond donors (Lipinski definition) is 1. The van der Waals surface area contributed by atoms with Gasteiger partial charge in [-0.1, -0.05) is 38.5 Å². The van der Waals surface area contributed by atoms with Crippen LogP contribution in [0.3, 0.4) is 0 Å². The third-order valence-corrected chi connectivity index (χ3v) is 8.54. The van der Waals surface area contributed by atoms with E-state index in [4.69, 9.17) is 14.2 Å². The van der Waals surface area contributed by atoms with Crippen molar-refractivity contribution in [3.05, 3.63) is 95.4 Å². The molecule has 0 aliphatic heterocycles. The fourth-order valence-electron chi connectivity index (χ4n) is 4.71. The van der Waals surface area contributed by atoms with Crippen molar-refractivity contribution in [2.24, 2.45) is 0 Å². The minimum absolute atomic E-state index is 0.0815. The lowest BCUT2D eigenvalue weighted by Crippen LogP contribution is -2.08. The summed E-state index contributed by atoms with van der Waals surface area (Å²) < 4.78 is 47.1. The van der Waals surface area contributed by atoms with E-state index in [0.29, 0.717) is 47.3 Å². The summed E-state index contributed by atoms with van der Waals surface area (Å²) in [5.41, 5.74) is 4.30. The largest absolute Gasteiger partial charge is 0.490 e. The number of anilines is 1. The summed E-state index contributed by atoms with van der Waals surface area (Å²) >= 11 is 0. The fraction of sp³-hybridized carbons (Fsp3) is 0.405. The van der Waals surface area contributed by atoms with E-state index in [0.717, 1.165) is 49.4 Å². The summed E-state index contributed by atoms with van der Waals surface area (Å²) in [7, 11) is -1.26. The number of unbranched alkanes of at least 4 members (excludes halogenated alkanes) is 1. The van der Waals surface area contributed by atoms with E-state index < -0.39 is 22.5 Å². The molecule has 47 heavy (non-hydrogen) atoms. The first-order valence-corrected chi connectivity index (χ1v) is 17.6. The number of nitrogens with zero attached hydrogens (tertiary/aromatic N) is 2. The Bertz CT molecular complexity index is 1550. The quantitative estimate of drug-likeness (QED) is 0.0750. The molecular formula is C37H48FN3O5S. The molecule has 3 aromatic rings. The third kappa shape index (κ3) is 12.0. The number of imidazole rings is 1. The number of ether oxygens (including phenoxy) is 3. The highest BCUT2D eigenvalue weighted by atomic mass is 32.2. The van der Waals surface area contributed by atoms with Gasteiger partial charge in [0, 0.05) is 35.4 Å². The molecule has 0 saturated carbocycles. The second-order valence-electron chi connectivity index (χ2n) is 10.7. The molecule has 1 amide bonds. The normalized spacial score (nSPS) is 12.7. The molecule has 0 spiro atoms. The van der Waals surface area contributed by atoms with Crippen molar-refractivity contribution in [2.75, 3.05) is 38.4 Å². The highest BCUT2D eigenvalue weighted by molar-refractivity contribution is 7.84. The van der Waals surface area contributed by atoms with Gasteiger partial charge in [-0.2, -0.15) is 0 Å². The Hall–Kier alpha value is -3.86. The maximum atomic E-state index is 15.3. The number of amides is 1. The van der Waals surface area contributed by atoms with Crippen LogP contribution in [0.1, 0.15) is 69.5 Å². The van der Waals surface area contributed by atoms with Gasteiger partial charge in [-0.05, 0) is 87.2 Å². The molecular weight excluding hydrogens is 617 g/mol. The molecule has 0 aliphatic carbocycles. The van der Waals surface area contributed by atoms with Gasteiger partial charge in [-0.25, -0.2) is 9.37 Å². The Morgan fingerprint density at radius 2 is 1.81 bits per heavy atom. The number of carbonyl (C=O) groups is 1. The molecule has 254 valence electrons. The zero-order valence-electron chi connectivity index (χ0n) is 28.2. The van der Waals surface area contributed by atoms with E-state index >= 15 is 4.39 Å². The van der Waals surface area contributed by atoms with Crippen molar-refractivity contribution in [3.8, 4) is 5.75 Å². The topological polar surface area (TPSA) is 91.7 Å². The first-order valence-electron chi connectivity index (χ1n) is 16.3. The van der Waals surface area contributed by atoms with E-state index in [2.05, 4.69) is 17.2 Å². The first-order chi connectivity index (χ1) is 22.8. The number of carbonyl (C=O) groups excluding carboxylic acids is 1. The molecule has 10 heteroatoms. The van der Waals surface area contributed by atoms with Crippen LogP contribution in [-0.2, 0) is 37.4 Å². The zero-order chi connectivity index (χ0) is 34.0. The number of rotatable bonds is 20. The van der Waals surface area contributed by atoms with Crippen LogP contribution in [0, 0.1) is 12.7 Å². The summed E-state index contributed by atoms with van der Waals surface area (Å²) in [6.07, 6.45) is 13.4. The maximum Gasteiger partial charge on any atom is 0.248 e. The SMILES string of the molecule is CC/C=C(\C=C/COCCOCCCC)c1cc(F)c(OCC)c(/C=C/C(=O)Nc2ccc(S(=O)Cc3c(C)ncn3CC)cc2)c1. The van der Waals surface area contributed by atoms with E-state index in [1.165, 1.54) is 12.1 Å². The Morgan fingerprint density at radius 3 is 2.51 bits per heavy atom. The molecule has 1 aromatic heterocycles. The maximum absolute atomic E-state index is 15.3. The van der Waals surface area contributed by atoms with Gasteiger partial charge in [0.2, 0.25) is 5.91 Å². The number of benzene rings is 2. The summed E-state index contributed by atoms with van der Waals surface area (Å²) in [6, 6.07) is 10.2. The van der Waals surface area contributed by atoms with Gasteiger partial charge in [-0.15, -0.1) is 0 Å². The van der Waals surface area contributed by atoms with Crippen LogP contribution < -0.4 is 10.1 Å². The molecule has 0 saturated heterocycles. The van der Waals surface area contributed by atoms with Crippen molar-refractivity contribution in [1.29, 1.82) is 0 Å². The van der Waals surface area contributed by atoms with E-state index in [9.17, 15) is 9.00 Å². The Balaban J connectivity index is 1.67. The van der Waals surface area contributed by atoms with Gasteiger partial charge in [0.15, 0.2) is 11.6 Å². The van der Waals surface area contributed by atoms with Gasteiger partial charge in [-0.3, -0.25) is 9.00 Å². The van der Waals surface area contributed by atoms with Gasteiger partial charge in [0.05, 0.1) is 60.7 Å². The van der Waals surface area contributed by atoms with Crippen molar-refractivity contribution in [2.45, 2.75) is 71.1 Å². The number of halogens is 1. The minimum Gasteiger partial charge on any atom is -0.490 e. The van der Waals surface area contributed by atoms with Crippen molar-refractivity contribution >= 4 is 34.0 Å². The number of hydrogen-bond acceptors (Lipinski definition) is 6. The molecule has 1 N–H and O–H groups in total. The van der Waals surface area contributed by atoms with Crippen LogP contribution in [0.5, 0.6) is 5.75 Å². The predicted molar refractivity (Wildman–Crippen MR) is 188 cm³/mol. The average Bonchev–Trinajstić information content (AvgIpc) is 3.42. The zero-order valence-corrected chi connectivity index (χ0v) is 29.0. The van der Waals surface area contributed by atoms with Crippen molar-refractivity contribution in [1.82, 2.24) is 9.55 Å². The highest BCUT2D eigenvalue weighted by Crippen LogP contribution is 2.30. The molecule has 0 bridgehead atoms. The Labute approximate surface area is 281 Å². The number of nitrogens with one attached hydrogen (secondary N) is 1. The molecule has 0 aliphatic rings. The molecule has 1 atom stereocenters. The monoisotopic (exact) mass is 665 g/mol. The lowest BCUT2D eigenvalue weighted by Gasteiger charge is -2.12. The molecule has 3 rings (SSSR count). The summed E-state index contributed by atoms with van der Waals surface area (Å²) in [5.74, 6) is -0.465. The third-order valence-electron chi connectivity index (χ3n) is 7.21. The molecule has 0 fully saturated rings. The molecule has 8 nitrogen and oxygen atoms in total. The van der Waals surface area contributed by atoms with Crippen LogP contribution in [0.25, 0.3) is 11.6 Å². The standard InChI is InChI=1S/C37H48FN3O5S/c1-6-10-20-44-22-23-45-21-11-13-29(12-7-2)31-24-30(37(46-9-4)34(38)25-31)14-19-36(42)40-32-15-17-33(18-16-32)47(43)26-35-28(5)39-27-41(35)8-3/h11-19,24-25,27H,6-10,20-23,26H2,1-5H3,(H,40,42)/b13-11-,19-14+,29-12+. The number of allylic oxidation sites excluding steroid dienone is 3. The lowest BCUT2D eigenvalue weighted by molar-refractivity contribution is -0.111. The van der Waals surface area contributed by atoms with E-state index in [1.54, 1.807) is 43.6 Å². The first kappa shape index (κ1) is 37.6. The van der Waals surface area contributed by atoms with Crippen LogP contribution in [0.15, 0.2) is 71.9 Å². The summed E-state index contributed by atoms with van der Waals surface area (Å²) in [6.45, 7) is 13.1. The Kier molecular flexibility index (Phi) is 16.3. The molecule has 2 aromatic carbocycles. The van der Waals surface area contributed by atoms with E-state index in [1.807, 2.05) is 49.6 Å². The summed E-state index contributed by atoms with van der Waals surface area (Å²) in [5, 5.41) is 2.81. The molecule has 1 heterocycles. The van der Waals surface area contributed by atoms with Crippen LogP contribution in [0.4, 0.5) is 10.1 Å². The van der Waals surface area contributed by atoms with Crippen LogP contribution >= 0.6 is 0 Å². The van der Waals surface area contributed by atoms with Crippen molar-refractivity contribution in [3.63, 3.8) is 0 Å². The number of aromatic nitrogens is 2. The van der Waals surface area contributed by atoms with E-state index in [-0.39, 0.29) is 12.4 Å². The summed E-state index contributed by atoms with van der Waals surface area (Å²) in [4.78, 5) is 17.8. The van der Waals surface area contributed by atoms with Crippen LogP contribution in [-0.4, -0.2) is 52.7 Å². The minimum atomic E-state index is -1.26. The average molecular weight is 666 g/mol. The van der Waals surface area contributed by atoms with Gasteiger partial charge < -0.3 is 24.1 Å². The molecule has 1 unspecified atom stereocenters. The second-order valence-corrected chi connectivity index (χ2v) is 12.2. The predicted octanol–water partition coefficient (Wildman–Crippen LogP) is 7.89. The fourth-order valence-corrected chi connectivity index (χ4v) is 5.94.